The maximum atomic E-state index is 12.6. The van der Waals surface area contributed by atoms with Crippen LogP contribution >= 0.6 is 12.4 Å². The van der Waals surface area contributed by atoms with Crippen molar-refractivity contribution in [1.29, 1.82) is 0 Å². The maximum Gasteiger partial charge on any atom is 0.323 e. The summed E-state index contributed by atoms with van der Waals surface area (Å²) < 4.78 is 5.30. The number of nitrogens with one attached hydrogen (secondary N) is 1. The van der Waals surface area contributed by atoms with Crippen molar-refractivity contribution in [3.63, 3.8) is 0 Å². The fraction of sp³-hybridized carbons (Fsp3) is 0.462. The Morgan fingerprint density at radius 1 is 1.09 bits per heavy atom. The van der Waals surface area contributed by atoms with Crippen molar-refractivity contribution >= 4 is 24.3 Å². The van der Waals surface area contributed by atoms with Crippen molar-refractivity contribution < 1.29 is 19.4 Å². The molecule has 0 fully saturated rings. The summed E-state index contributed by atoms with van der Waals surface area (Å²) in [4.78, 5) is 26.2. The largest absolute Gasteiger partial charge is 0.480 e. The number of fused-ring (bicyclic) bond motifs is 1. The highest BCUT2D eigenvalue weighted by atomic mass is 35.5. The number of rotatable bonds is 12. The first-order chi connectivity index (χ1) is 15.5. The predicted molar refractivity (Wildman–Crippen MR) is 132 cm³/mol. The standard InChI is InChI=1S/C26H34N2O4.ClH/c1-3-32-26(31)24(14-13-20-9-5-4-6-10-20)27-19(2)17-28(18-25(29)30)23-15-21-11-7-8-12-22(21)16-23;/h4-12,19,23-24,27H,3,13-18H2,1-2H3,(H,29,30);1H/t19-,24?;/m0./s1. The van der Waals surface area contributed by atoms with Crippen LogP contribution in [0.5, 0.6) is 0 Å². The van der Waals surface area contributed by atoms with E-state index in [1.54, 1.807) is 0 Å². The molecule has 0 saturated carbocycles. The molecule has 7 heteroatoms. The molecule has 2 N–H and O–H groups in total. The number of nitrogens with zero attached hydrogens (tertiary/aromatic N) is 1. The third kappa shape index (κ3) is 8.14. The minimum absolute atomic E-state index is 0. The number of carbonyl (C=O) groups excluding carboxylic acids is 1. The van der Waals surface area contributed by atoms with Gasteiger partial charge in [0.15, 0.2) is 0 Å². The van der Waals surface area contributed by atoms with Crippen molar-refractivity contribution in [2.75, 3.05) is 19.7 Å². The summed E-state index contributed by atoms with van der Waals surface area (Å²) in [6, 6.07) is 18.0. The van der Waals surface area contributed by atoms with Crippen molar-refractivity contribution in [1.82, 2.24) is 10.2 Å². The highest BCUT2D eigenvalue weighted by Gasteiger charge is 2.30. The highest BCUT2D eigenvalue weighted by Crippen LogP contribution is 2.25. The molecule has 0 saturated heterocycles. The van der Waals surface area contributed by atoms with Gasteiger partial charge in [-0.25, -0.2) is 0 Å². The first kappa shape index (κ1) is 26.8. The number of aliphatic carboxylic acids is 1. The molecule has 0 aliphatic heterocycles. The molecule has 0 aromatic heterocycles. The van der Waals surface area contributed by atoms with E-state index in [1.165, 1.54) is 16.7 Å². The van der Waals surface area contributed by atoms with Crippen LogP contribution in [0.15, 0.2) is 54.6 Å². The van der Waals surface area contributed by atoms with Gasteiger partial charge in [0.1, 0.15) is 6.04 Å². The zero-order chi connectivity index (χ0) is 22.9. The molecule has 1 aliphatic rings. The average molecular weight is 475 g/mol. The zero-order valence-electron chi connectivity index (χ0n) is 19.4. The van der Waals surface area contributed by atoms with E-state index < -0.39 is 12.0 Å². The van der Waals surface area contributed by atoms with E-state index in [1.807, 2.05) is 49.1 Å². The Labute approximate surface area is 202 Å². The number of aryl methyl sites for hydroxylation is 1. The zero-order valence-corrected chi connectivity index (χ0v) is 20.2. The van der Waals surface area contributed by atoms with E-state index in [4.69, 9.17) is 4.74 Å². The minimum Gasteiger partial charge on any atom is -0.480 e. The van der Waals surface area contributed by atoms with E-state index in [-0.39, 0.29) is 37.0 Å². The van der Waals surface area contributed by atoms with Gasteiger partial charge in [0.2, 0.25) is 0 Å². The van der Waals surface area contributed by atoms with E-state index in [0.29, 0.717) is 19.6 Å². The third-order valence-electron chi connectivity index (χ3n) is 6.01. The second-order valence-electron chi connectivity index (χ2n) is 8.55. The molecule has 180 valence electrons. The molecular weight excluding hydrogens is 440 g/mol. The van der Waals surface area contributed by atoms with Gasteiger partial charge in [-0.2, -0.15) is 0 Å². The van der Waals surface area contributed by atoms with Crippen LogP contribution < -0.4 is 5.32 Å². The summed E-state index contributed by atoms with van der Waals surface area (Å²) in [6.07, 6.45) is 3.10. The lowest BCUT2D eigenvalue weighted by Gasteiger charge is -2.31. The Hall–Kier alpha value is -2.41. The van der Waals surface area contributed by atoms with Crippen LogP contribution in [-0.2, 0) is 33.6 Å². The molecule has 3 rings (SSSR count). The molecule has 2 atom stereocenters. The molecule has 0 amide bonds. The van der Waals surface area contributed by atoms with Gasteiger partial charge in [-0.3, -0.25) is 14.5 Å². The molecule has 33 heavy (non-hydrogen) atoms. The van der Waals surface area contributed by atoms with Gasteiger partial charge >= 0.3 is 11.9 Å². The lowest BCUT2D eigenvalue weighted by molar-refractivity contribution is -0.146. The van der Waals surface area contributed by atoms with Crippen LogP contribution in [0.2, 0.25) is 0 Å². The van der Waals surface area contributed by atoms with Gasteiger partial charge in [-0.1, -0.05) is 54.6 Å². The van der Waals surface area contributed by atoms with Crippen LogP contribution in [-0.4, -0.2) is 59.8 Å². The number of carboxylic acid groups (broad SMARTS) is 1. The number of ether oxygens (including phenoxy) is 1. The molecule has 2 aromatic rings. The molecule has 0 bridgehead atoms. The molecular formula is C26H35ClN2O4. The van der Waals surface area contributed by atoms with Gasteiger partial charge in [-0.15, -0.1) is 12.4 Å². The van der Waals surface area contributed by atoms with Gasteiger partial charge < -0.3 is 15.2 Å². The van der Waals surface area contributed by atoms with E-state index >= 15 is 0 Å². The number of hydrogen-bond donors (Lipinski definition) is 2. The van der Waals surface area contributed by atoms with Crippen LogP contribution in [0, 0.1) is 0 Å². The van der Waals surface area contributed by atoms with Crippen LogP contribution in [0.25, 0.3) is 0 Å². The lowest BCUT2D eigenvalue weighted by atomic mass is 10.0. The monoisotopic (exact) mass is 474 g/mol. The third-order valence-corrected chi connectivity index (χ3v) is 6.01. The van der Waals surface area contributed by atoms with Crippen molar-refractivity contribution in [2.45, 2.75) is 57.7 Å². The predicted octanol–water partition coefficient (Wildman–Crippen LogP) is 3.50. The number of hydrogen-bond acceptors (Lipinski definition) is 5. The first-order valence-corrected chi connectivity index (χ1v) is 11.5. The van der Waals surface area contributed by atoms with E-state index in [0.717, 1.165) is 19.3 Å². The van der Waals surface area contributed by atoms with Crippen molar-refractivity contribution in [3.05, 3.63) is 71.3 Å². The number of halogens is 1. The molecule has 1 unspecified atom stereocenters. The molecule has 0 radical (unpaired) electrons. The Kier molecular flexibility index (Phi) is 10.8. The lowest BCUT2D eigenvalue weighted by Crippen LogP contribution is -2.51. The second-order valence-corrected chi connectivity index (χ2v) is 8.55. The topological polar surface area (TPSA) is 78.9 Å². The molecule has 2 aromatic carbocycles. The van der Waals surface area contributed by atoms with Crippen LogP contribution in [0.3, 0.4) is 0 Å². The van der Waals surface area contributed by atoms with Gasteiger partial charge in [-0.05, 0) is 56.2 Å². The maximum absolute atomic E-state index is 12.6. The van der Waals surface area contributed by atoms with Crippen molar-refractivity contribution in [3.8, 4) is 0 Å². The Balaban J connectivity index is 0.00000385. The summed E-state index contributed by atoms with van der Waals surface area (Å²) in [5.74, 6) is -1.09. The first-order valence-electron chi connectivity index (χ1n) is 11.5. The number of esters is 1. The SMILES string of the molecule is CCOC(=O)C(CCc1ccccc1)N[C@@H](C)CN(CC(=O)O)C1Cc2ccccc2C1.Cl. The smallest absolute Gasteiger partial charge is 0.323 e. The highest BCUT2D eigenvalue weighted by molar-refractivity contribution is 5.85. The summed E-state index contributed by atoms with van der Waals surface area (Å²) in [7, 11) is 0. The van der Waals surface area contributed by atoms with Gasteiger partial charge in [0.25, 0.3) is 0 Å². The van der Waals surface area contributed by atoms with E-state index in [9.17, 15) is 14.7 Å². The fourth-order valence-electron chi connectivity index (χ4n) is 4.53. The summed E-state index contributed by atoms with van der Waals surface area (Å²) >= 11 is 0. The molecule has 1 aliphatic carbocycles. The van der Waals surface area contributed by atoms with Crippen LogP contribution in [0.4, 0.5) is 0 Å². The fourth-order valence-corrected chi connectivity index (χ4v) is 4.53. The van der Waals surface area contributed by atoms with Crippen molar-refractivity contribution in [2.24, 2.45) is 0 Å². The Morgan fingerprint density at radius 3 is 2.27 bits per heavy atom. The number of carboxylic acids is 1. The number of carbonyl (C=O) groups is 2. The molecule has 6 nitrogen and oxygen atoms in total. The normalized spacial score (nSPS) is 14.9. The van der Waals surface area contributed by atoms with Crippen LogP contribution in [0.1, 0.15) is 37.0 Å². The average Bonchev–Trinajstić information content (AvgIpc) is 3.21. The molecule has 0 heterocycles. The van der Waals surface area contributed by atoms with E-state index in [2.05, 4.69) is 29.6 Å². The molecule has 0 spiro atoms. The quantitative estimate of drug-likeness (QED) is 0.458. The van der Waals surface area contributed by atoms with Gasteiger partial charge in [0, 0.05) is 18.6 Å². The van der Waals surface area contributed by atoms with Gasteiger partial charge in [0.05, 0.1) is 13.2 Å². The minimum atomic E-state index is -0.834. The summed E-state index contributed by atoms with van der Waals surface area (Å²) in [6.45, 7) is 4.68. The summed E-state index contributed by atoms with van der Waals surface area (Å²) in [5.41, 5.74) is 3.76. The Morgan fingerprint density at radius 2 is 1.70 bits per heavy atom. The Bertz CT molecular complexity index is 868. The number of benzene rings is 2. The second kappa shape index (κ2) is 13.3. The summed E-state index contributed by atoms with van der Waals surface area (Å²) in [5, 5.41) is 12.9.